The molecule has 0 saturated carbocycles. The fraction of sp³-hybridized carbons (Fsp3) is 0.278. The third-order valence-corrected chi connectivity index (χ3v) is 5.01. The summed E-state index contributed by atoms with van der Waals surface area (Å²) in [6.45, 7) is 2.07. The van der Waals surface area contributed by atoms with Crippen LogP contribution in [-0.4, -0.2) is 24.8 Å². The van der Waals surface area contributed by atoms with E-state index < -0.39 is 6.03 Å². The lowest BCUT2D eigenvalue weighted by molar-refractivity contribution is 0.0527. The molecule has 1 aliphatic carbocycles. The van der Waals surface area contributed by atoms with Crippen LogP contribution in [0, 0.1) is 0 Å². The number of nitrogens with one attached hydrogen (secondary N) is 2. The highest BCUT2D eigenvalue weighted by Gasteiger charge is 2.28. The van der Waals surface area contributed by atoms with Gasteiger partial charge in [-0.15, -0.1) is 11.3 Å². The van der Waals surface area contributed by atoms with Crippen molar-refractivity contribution < 1.29 is 14.3 Å². The van der Waals surface area contributed by atoms with E-state index in [4.69, 9.17) is 4.74 Å². The molecule has 0 bridgehead atoms. The first-order valence-electron chi connectivity index (χ1n) is 8.15. The lowest BCUT2D eigenvalue weighted by atomic mass is 10.1. The van der Waals surface area contributed by atoms with Gasteiger partial charge < -0.3 is 4.74 Å². The summed E-state index contributed by atoms with van der Waals surface area (Å²) in [6, 6.07) is 8.96. The molecule has 2 aromatic rings. The minimum atomic E-state index is -0.488. The van der Waals surface area contributed by atoms with Crippen molar-refractivity contribution in [3.05, 3.63) is 51.9 Å². The number of ether oxygens (including phenoxy) is 1. The smallest absolute Gasteiger partial charge is 0.341 e. The number of esters is 1. The van der Waals surface area contributed by atoms with E-state index in [1.54, 1.807) is 13.1 Å². The molecule has 7 heteroatoms. The van der Waals surface area contributed by atoms with E-state index in [0.717, 1.165) is 35.3 Å². The van der Waals surface area contributed by atoms with Crippen LogP contribution < -0.4 is 10.7 Å². The first-order chi connectivity index (χ1) is 12.2. The van der Waals surface area contributed by atoms with Crippen molar-refractivity contribution in [2.45, 2.75) is 26.2 Å². The Balaban J connectivity index is 1.69. The van der Waals surface area contributed by atoms with Gasteiger partial charge in [-0.25, -0.2) is 15.0 Å². The number of thiophene rings is 1. The van der Waals surface area contributed by atoms with E-state index in [-0.39, 0.29) is 5.97 Å². The van der Waals surface area contributed by atoms with Crippen molar-refractivity contribution in [1.82, 2.24) is 5.43 Å². The van der Waals surface area contributed by atoms with Crippen LogP contribution in [0.2, 0.25) is 0 Å². The zero-order chi connectivity index (χ0) is 17.6. The lowest BCUT2D eigenvalue weighted by Gasteiger charge is -2.07. The topological polar surface area (TPSA) is 79.8 Å². The molecule has 130 valence electrons. The first-order valence-corrected chi connectivity index (χ1v) is 8.97. The molecule has 0 radical (unpaired) electrons. The Bertz CT molecular complexity index is 799. The summed E-state index contributed by atoms with van der Waals surface area (Å²) >= 11 is 1.44. The van der Waals surface area contributed by atoms with E-state index >= 15 is 0 Å². The maximum Gasteiger partial charge on any atom is 0.341 e. The van der Waals surface area contributed by atoms with E-state index in [9.17, 15) is 9.59 Å². The third-order valence-electron chi connectivity index (χ3n) is 3.81. The maximum absolute atomic E-state index is 12.3. The molecule has 0 unspecified atom stereocenters. The number of urea groups is 1. The lowest BCUT2D eigenvalue weighted by Crippen LogP contribution is -2.25. The number of hydrogen-bond acceptors (Lipinski definition) is 5. The largest absolute Gasteiger partial charge is 0.462 e. The van der Waals surface area contributed by atoms with Gasteiger partial charge in [0.1, 0.15) is 5.00 Å². The zero-order valence-electron chi connectivity index (χ0n) is 13.9. The Morgan fingerprint density at radius 1 is 1.28 bits per heavy atom. The van der Waals surface area contributed by atoms with Gasteiger partial charge in [-0.05, 0) is 37.3 Å². The summed E-state index contributed by atoms with van der Waals surface area (Å²) in [7, 11) is 0. The zero-order valence-corrected chi connectivity index (χ0v) is 14.7. The molecule has 1 heterocycles. The molecule has 6 nitrogen and oxygen atoms in total. The van der Waals surface area contributed by atoms with Crippen LogP contribution in [0.4, 0.5) is 9.80 Å². The van der Waals surface area contributed by atoms with E-state index in [1.165, 1.54) is 11.3 Å². The van der Waals surface area contributed by atoms with Crippen molar-refractivity contribution in [2.75, 3.05) is 11.9 Å². The van der Waals surface area contributed by atoms with Crippen LogP contribution in [0.25, 0.3) is 0 Å². The Morgan fingerprint density at radius 2 is 2.08 bits per heavy atom. The molecule has 0 spiro atoms. The van der Waals surface area contributed by atoms with Gasteiger partial charge in [-0.1, -0.05) is 30.3 Å². The highest BCUT2D eigenvalue weighted by molar-refractivity contribution is 7.17. The van der Waals surface area contributed by atoms with Crippen molar-refractivity contribution in [3.63, 3.8) is 0 Å². The van der Waals surface area contributed by atoms with Gasteiger partial charge in [0.15, 0.2) is 0 Å². The number of nitrogens with zero attached hydrogens (tertiary/aromatic N) is 1. The van der Waals surface area contributed by atoms with Crippen LogP contribution in [0.5, 0.6) is 0 Å². The fourth-order valence-electron chi connectivity index (χ4n) is 2.75. The number of hydrogen-bond donors (Lipinski definition) is 2. The van der Waals surface area contributed by atoms with Gasteiger partial charge >= 0.3 is 12.0 Å². The Kier molecular flexibility index (Phi) is 5.45. The number of anilines is 1. The monoisotopic (exact) mass is 357 g/mol. The Labute approximate surface area is 149 Å². The number of aryl methyl sites for hydroxylation is 1. The van der Waals surface area contributed by atoms with Crippen LogP contribution in [-0.2, 0) is 17.6 Å². The standard InChI is InChI=1S/C18H19N3O3S/c1-2-24-17(22)15-13-9-6-10-14(13)25-16(15)20-18(23)21-19-11-12-7-4-3-5-8-12/h3-5,7-8,11H,2,6,9-10H2,1H3,(H2,20,21,23). The fourth-order valence-corrected chi connectivity index (χ4v) is 4.02. The number of benzene rings is 1. The molecule has 2 amide bonds. The predicted molar refractivity (Wildman–Crippen MR) is 98.5 cm³/mol. The Hall–Kier alpha value is -2.67. The van der Waals surface area contributed by atoms with Crippen LogP contribution in [0.3, 0.4) is 0 Å². The van der Waals surface area contributed by atoms with Gasteiger partial charge in [0.05, 0.1) is 18.4 Å². The van der Waals surface area contributed by atoms with Gasteiger partial charge in [-0.2, -0.15) is 5.10 Å². The normalized spacial score (nSPS) is 12.8. The van der Waals surface area contributed by atoms with Crippen molar-refractivity contribution in [1.29, 1.82) is 0 Å². The average molecular weight is 357 g/mol. The molecular weight excluding hydrogens is 338 g/mol. The van der Waals surface area contributed by atoms with Crippen molar-refractivity contribution in [3.8, 4) is 0 Å². The van der Waals surface area contributed by atoms with E-state index in [1.807, 2.05) is 30.3 Å². The minimum absolute atomic E-state index is 0.302. The summed E-state index contributed by atoms with van der Waals surface area (Å²) in [5.74, 6) is -0.384. The highest BCUT2D eigenvalue weighted by atomic mass is 32.1. The summed E-state index contributed by atoms with van der Waals surface area (Å²) in [5.41, 5.74) is 4.79. The number of rotatable bonds is 5. The summed E-state index contributed by atoms with van der Waals surface area (Å²) in [4.78, 5) is 25.5. The Morgan fingerprint density at radius 3 is 2.84 bits per heavy atom. The highest BCUT2D eigenvalue weighted by Crippen LogP contribution is 2.39. The van der Waals surface area contributed by atoms with E-state index in [2.05, 4.69) is 15.8 Å². The molecule has 3 rings (SSSR count). The average Bonchev–Trinajstić information content (AvgIpc) is 3.16. The maximum atomic E-state index is 12.3. The summed E-state index contributed by atoms with van der Waals surface area (Å²) in [5, 5.41) is 7.16. The van der Waals surface area contributed by atoms with E-state index in [0.29, 0.717) is 17.2 Å². The first kappa shape index (κ1) is 17.2. The van der Waals surface area contributed by atoms with Crippen LogP contribution >= 0.6 is 11.3 Å². The van der Waals surface area contributed by atoms with Gasteiger partial charge in [0, 0.05) is 4.88 Å². The molecular formula is C18H19N3O3S. The number of carbonyl (C=O) groups is 2. The molecule has 0 saturated heterocycles. The van der Waals surface area contributed by atoms with Crippen LogP contribution in [0.1, 0.15) is 39.7 Å². The molecule has 1 aromatic heterocycles. The quantitative estimate of drug-likeness (QED) is 0.488. The minimum Gasteiger partial charge on any atom is -0.462 e. The van der Waals surface area contributed by atoms with Crippen molar-refractivity contribution >= 4 is 34.6 Å². The second kappa shape index (κ2) is 7.94. The molecule has 0 aliphatic heterocycles. The van der Waals surface area contributed by atoms with Gasteiger partial charge in [0.2, 0.25) is 0 Å². The molecule has 0 atom stereocenters. The van der Waals surface area contributed by atoms with Crippen LogP contribution in [0.15, 0.2) is 35.4 Å². The molecule has 0 fully saturated rings. The SMILES string of the molecule is CCOC(=O)c1c(NC(=O)NN=Cc2ccccc2)sc2c1CCC2. The van der Waals surface area contributed by atoms with Gasteiger partial charge in [-0.3, -0.25) is 5.32 Å². The van der Waals surface area contributed by atoms with Crippen molar-refractivity contribution in [2.24, 2.45) is 5.10 Å². The second-order valence-corrected chi connectivity index (χ2v) is 6.62. The molecule has 1 aromatic carbocycles. The van der Waals surface area contributed by atoms with Gasteiger partial charge in [0.25, 0.3) is 0 Å². The summed E-state index contributed by atoms with van der Waals surface area (Å²) < 4.78 is 5.14. The number of amides is 2. The number of fused-ring (bicyclic) bond motifs is 1. The second-order valence-electron chi connectivity index (χ2n) is 5.52. The molecule has 2 N–H and O–H groups in total. The number of carbonyl (C=O) groups excluding carboxylic acids is 2. The molecule has 1 aliphatic rings. The number of hydrazone groups is 1. The predicted octanol–water partition coefficient (Wildman–Crippen LogP) is 3.57. The molecule has 25 heavy (non-hydrogen) atoms. The third kappa shape index (κ3) is 4.06. The summed E-state index contributed by atoms with van der Waals surface area (Å²) in [6.07, 6.45) is 4.36.